The van der Waals surface area contributed by atoms with Gasteiger partial charge in [0, 0.05) is 5.02 Å². The maximum absolute atomic E-state index is 12.1. The third kappa shape index (κ3) is 4.06. The number of carbonyl (C=O) groups excluding carboxylic acids is 1. The highest BCUT2D eigenvalue weighted by molar-refractivity contribution is 6.33. The van der Waals surface area contributed by atoms with Gasteiger partial charge in [0.2, 0.25) is 0 Å². The van der Waals surface area contributed by atoms with Gasteiger partial charge >= 0.3 is 0 Å². The summed E-state index contributed by atoms with van der Waals surface area (Å²) in [6.07, 6.45) is 0.670. The van der Waals surface area contributed by atoms with Crippen LogP contribution in [-0.2, 0) is 0 Å². The van der Waals surface area contributed by atoms with Crippen molar-refractivity contribution in [3.8, 4) is 0 Å². The van der Waals surface area contributed by atoms with E-state index < -0.39 is 0 Å². The van der Waals surface area contributed by atoms with Gasteiger partial charge in [-0.25, -0.2) is 5.43 Å². The molecule has 2 aromatic carbocycles. The molecule has 0 aliphatic heterocycles. The van der Waals surface area contributed by atoms with Gasteiger partial charge in [0.05, 0.1) is 16.3 Å². The smallest absolute Gasteiger partial charge is 0.267 e. The maximum atomic E-state index is 12.1. The molecule has 0 spiro atoms. The van der Waals surface area contributed by atoms with Gasteiger partial charge in [0.15, 0.2) is 0 Å². The molecule has 0 radical (unpaired) electrons. The number of nitrogens with zero attached hydrogens (tertiary/aromatic N) is 1. The highest BCUT2D eigenvalue weighted by atomic mass is 35.5. The normalized spacial score (nSPS) is 11.3. The fraction of sp³-hybridized carbons (Fsp3) is 0.125. The highest BCUT2D eigenvalue weighted by Gasteiger charge is 2.09. The molecule has 0 atom stereocenters. The molecule has 0 aromatic heterocycles. The van der Waals surface area contributed by atoms with E-state index in [-0.39, 0.29) is 5.91 Å². The molecule has 0 aliphatic carbocycles. The van der Waals surface area contributed by atoms with E-state index in [2.05, 4.69) is 10.5 Å². The molecule has 0 saturated heterocycles. The topological polar surface area (TPSA) is 41.5 Å². The Balaban J connectivity index is 2.19. The number of nitrogens with one attached hydrogen (secondary N) is 1. The number of hydrogen-bond acceptors (Lipinski definition) is 2. The van der Waals surface area contributed by atoms with Crippen molar-refractivity contribution >= 4 is 34.8 Å². The summed E-state index contributed by atoms with van der Waals surface area (Å²) in [6, 6.07) is 14.2. The van der Waals surface area contributed by atoms with Gasteiger partial charge in [-0.05, 0) is 36.2 Å². The number of hydrogen-bond donors (Lipinski definition) is 1. The van der Waals surface area contributed by atoms with Crippen LogP contribution in [0.1, 0.15) is 29.3 Å². The zero-order chi connectivity index (χ0) is 15.2. The second-order valence-corrected chi connectivity index (χ2v) is 5.19. The fourth-order valence-corrected chi connectivity index (χ4v) is 2.25. The van der Waals surface area contributed by atoms with Crippen LogP contribution in [0.5, 0.6) is 0 Å². The Bertz CT molecular complexity index is 683. The minimum absolute atomic E-state index is 0.339. The molecule has 2 rings (SSSR count). The molecule has 5 heteroatoms. The van der Waals surface area contributed by atoms with Crippen LogP contribution < -0.4 is 5.43 Å². The van der Waals surface area contributed by atoms with Crippen LogP contribution in [0.3, 0.4) is 0 Å². The van der Waals surface area contributed by atoms with Crippen LogP contribution in [0.2, 0.25) is 10.0 Å². The minimum atomic E-state index is -0.339. The summed E-state index contributed by atoms with van der Waals surface area (Å²) in [5.41, 5.74) is 4.55. The number of carbonyl (C=O) groups is 1. The zero-order valence-corrected chi connectivity index (χ0v) is 12.9. The first kappa shape index (κ1) is 15.5. The lowest BCUT2D eigenvalue weighted by Crippen LogP contribution is -2.20. The van der Waals surface area contributed by atoms with Gasteiger partial charge in [-0.15, -0.1) is 0 Å². The molecule has 3 nitrogen and oxygen atoms in total. The molecule has 0 heterocycles. The van der Waals surface area contributed by atoms with E-state index >= 15 is 0 Å². The number of halogens is 2. The second kappa shape index (κ2) is 7.25. The predicted octanol–water partition coefficient (Wildman–Crippen LogP) is 4.54. The van der Waals surface area contributed by atoms with Crippen LogP contribution >= 0.6 is 23.2 Å². The Morgan fingerprint density at radius 1 is 1.14 bits per heavy atom. The quantitative estimate of drug-likeness (QED) is 0.652. The lowest BCUT2D eigenvalue weighted by molar-refractivity contribution is 0.0955. The molecule has 1 amide bonds. The van der Waals surface area contributed by atoms with Crippen molar-refractivity contribution in [1.29, 1.82) is 0 Å². The van der Waals surface area contributed by atoms with Crippen molar-refractivity contribution in [2.75, 3.05) is 0 Å². The van der Waals surface area contributed by atoms with Crippen molar-refractivity contribution in [2.45, 2.75) is 13.3 Å². The molecule has 0 aliphatic rings. The summed E-state index contributed by atoms with van der Waals surface area (Å²) >= 11 is 11.9. The monoisotopic (exact) mass is 320 g/mol. The Morgan fingerprint density at radius 3 is 2.57 bits per heavy atom. The molecule has 2 aromatic rings. The van der Waals surface area contributed by atoms with E-state index in [0.29, 0.717) is 22.0 Å². The van der Waals surface area contributed by atoms with Crippen LogP contribution in [0, 0.1) is 0 Å². The van der Waals surface area contributed by atoms with Crippen molar-refractivity contribution in [3.63, 3.8) is 0 Å². The van der Waals surface area contributed by atoms with E-state index in [0.717, 1.165) is 11.3 Å². The molecule has 0 fully saturated rings. The van der Waals surface area contributed by atoms with Crippen molar-refractivity contribution in [3.05, 3.63) is 69.7 Å². The molecular weight excluding hydrogens is 307 g/mol. The molecule has 0 saturated carbocycles. The standard InChI is InChI=1S/C16H14Cl2N2O/c1-2-15(11-6-5-7-12(17)10-11)19-20-16(21)13-8-3-4-9-14(13)18/h3-10H,2H2,1H3,(H,20,21)/b19-15+. The van der Waals surface area contributed by atoms with Gasteiger partial charge in [0.1, 0.15) is 0 Å². The number of rotatable bonds is 4. The lowest BCUT2D eigenvalue weighted by Gasteiger charge is -2.06. The van der Waals surface area contributed by atoms with Crippen LogP contribution in [0.25, 0.3) is 0 Å². The lowest BCUT2D eigenvalue weighted by atomic mass is 10.1. The summed E-state index contributed by atoms with van der Waals surface area (Å²) < 4.78 is 0. The van der Waals surface area contributed by atoms with E-state index in [1.54, 1.807) is 30.3 Å². The largest absolute Gasteiger partial charge is 0.272 e. The highest BCUT2D eigenvalue weighted by Crippen LogP contribution is 2.15. The van der Waals surface area contributed by atoms with Gasteiger partial charge in [-0.2, -0.15) is 5.10 Å². The third-order valence-electron chi connectivity index (χ3n) is 2.90. The average molecular weight is 321 g/mol. The first-order valence-corrected chi connectivity index (χ1v) is 7.24. The maximum Gasteiger partial charge on any atom is 0.272 e. The molecular formula is C16H14Cl2N2O. The Morgan fingerprint density at radius 2 is 1.90 bits per heavy atom. The molecule has 21 heavy (non-hydrogen) atoms. The summed E-state index contributed by atoms with van der Waals surface area (Å²) in [6.45, 7) is 1.96. The zero-order valence-electron chi connectivity index (χ0n) is 11.4. The number of amides is 1. The van der Waals surface area contributed by atoms with Gasteiger partial charge in [-0.3, -0.25) is 4.79 Å². The Hall–Kier alpha value is -1.84. The Kier molecular flexibility index (Phi) is 5.37. The fourth-order valence-electron chi connectivity index (χ4n) is 1.84. The molecule has 0 unspecified atom stereocenters. The summed E-state index contributed by atoms with van der Waals surface area (Å²) in [7, 11) is 0. The van der Waals surface area contributed by atoms with Crippen LogP contribution in [0.15, 0.2) is 53.6 Å². The SMILES string of the molecule is CC/C(=N\NC(=O)c1ccccc1Cl)c1cccc(Cl)c1. The van der Waals surface area contributed by atoms with E-state index in [9.17, 15) is 4.79 Å². The van der Waals surface area contributed by atoms with Gasteiger partial charge in [-0.1, -0.05) is 54.4 Å². The van der Waals surface area contributed by atoms with Crippen LogP contribution in [-0.4, -0.2) is 11.6 Å². The van der Waals surface area contributed by atoms with Crippen molar-refractivity contribution < 1.29 is 4.79 Å². The molecule has 108 valence electrons. The Labute approximate surface area is 133 Å². The second-order valence-electron chi connectivity index (χ2n) is 4.34. The average Bonchev–Trinajstić information content (AvgIpc) is 2.48. The molecule has 1 N–H and O–H groups in total. The number of hydrazone groups is 1. The van der Waals surface area contributed by atoms with Gasteiger partial charge < -0.3 is 0 Å². The summed E-state index contributed by atoms with van der Waals surface area (Å²) in [5.74, 6) is -0.339. The summed E-state index contributed by atoms with van der Waals surface area (Å²) in [5, 5.41) is 5.20. The third-order valence-corrected chi connectivity index (χ3v) is 3.47. The van der Waals surface area contributed by atoms with Gasteiger partial charge in [0.25, 0.3) is 5.91 Å². The number of benzene rings is 2. The van der Waals surface area contributed by atoms with E-state index in [1.165, 1.54) is 0 Å². The van der Waals surface area contributed by atoms with Crippen molar-refractivity contribution in [1.82, 2.24) is 5.43 Å². The van der Waals surface area contributed by atoms with E-state index in [4.69, 9.17) is 23.2 Å². The van der Waals surface area contributed by atoms with Crippen LogP contribution in [0.4, 0.5) is 0 Å². The van der Waals surface area contributed by atoms with E-state index in [1.807, 2.05) is 25.1 Å². The van der Waals surface area contributed by atoms with Crippen molar-refractivity contribution in [2.24, 2.45) is 5.10 Å². The molecule has 0 bridgehead atoms. The summed E-state index contributed by atoms with van der Waals surface area (Å²) in [4.78, 5) is 12.1. The first-order valence-electron chi connectivity index (χ1n) is 6.49. The minimum Gasteiger partial charge on any atom is -0.267 e. The first-order chi connectivity index (χ1) is 10.1. The predicted molar refractivity (Wildman–Crippen MR) is 87.2 cm³/mol.